The van der Waals surface area contributed by atoms with E-state index in [1.54, 1.807) is 0 Å². The Labute approximate surface area is 151 Å². The molecule has 1 N–H and O–H groups in total. The number of rotatable bonds is 6. The molecule has 0 saturated heterocycles. The molecule has 0 aliphatic rings. The summed E-state index contributed by atoms with van der Waals surface area (Å²) in [6.07, 6.45) is 0.979. The molecule has 126 valence electrons. The summed E-state index contributed by atoms with van der Waals surface area (Å²) < 4.78 is 0. The van der Waals surface area contributed by atoms with Crippen molar-refractivity contribution in [2.24, 2.45) is 5.10 Å². The molecule has 0 saturated carbocycles. The number of hydrazone groups is 1. The summed E-state index contributed by atoms with van der Waals surface area (Å²) in [5.74, 6) is -0.157. The maximum atomic E-state index is 12.2. The van der Waals surface area contributed by atoms with Gasteiger partial charge in [-0.15, -0.1) is 11.3 Å². The first-order valence-electron chi connectivity index (χ1n) is 8.17. The molecule has 5 heteroatoms. The van der Waals surface area contributed by atoms with Crippen LogP contribution >= 0.6 is 11.3 Å². The third-order valence-corrected chi connectivity index (χ3v) is 4.54. The molecule has 2 aromatic carbocycles. The zero-order chi connectivity index (χ0) is 17.5. The van der Waals surface area contributed by atoms with E-state index < -0.39 is 0 Å². The Hall–Kier alpha value is -2.79. The van der Waals surface area contributed by atoms with Crippen LogP contribution < -0.4 is 5.43 Å². The predicted molar refractivity (Wildman–Crippen MR) is 103 cm³/mol. The van der Waals surface area contributed by atoms with Crippen LogP contribution in [0.2, 0.25) is 0 Å². The van der Waals surface area contributed by atoms with E-state index in [4.69, 9.17) is 0 Å². The van der Waals surface area contributed by atoms with Crippen molar-refractivity contribution in [1.82, 2.24) is 10.4 Å². The Morgan fingerprint density at radius 2 is 1.76 bits per heavy atom. The van der Waals surface area contributed by atoms with Crippen molar-refractivity contribution in [3.05, 3.63) is 76.6 Å². The van der Waals surface area contributed by atoms with Gasteiger partial charge < -0.3 is 0 Å². The molecule has 1 amide bonds. The number of nitrogens with zero attached hydrogens (tertiary/aromatic N) is 2. The fourth-order valence-electron chi connectivity index (χ4n) is 2.42. The van der Waals surface area contributed by atoms with Crippen LogP contribution in [0.3, 0.4) is 0 Å². The van der Waals surface area contributed by atoms with E-state index in [1.807, 2.05) is 73.0 Å². The van der Waals surface area contributed by atoms with Crippen molar-refractivity contribution in [1.29, 1.82) is 0 Å². The molecule has 1 heterocycles. The monoisotopic (exact) mass is 349 g/mol. The van der Waals surface area contributed by atoms with Crippen molar-refractivity contribution < 1.29 is 4.79 Å². The maximum absolute atomic E-state index is 12.2. The molecule has 0 radical (unpaired) electrons. The lowest BCUT2D eigenvalue weighted by molar-refractivity contribution is -0.120. The van der Waals surface area contributed by atoms with Crippen molar-refractivity contribution in [3.63, 3.8) is 0 Å². The highest BCUT2D eigenvalue weighted by Crippen LogP contribution is 2.21. The molecule has 3 rings (SSSR count). The Morgan fingerprint density at radius 3 is 2.44 bits per heavy atom. The molecule has 0 aliphatic carbocycles. The van der Waals surface area contributed by atoms with Gasteiger partial charge in [0.25, 0.3) is 0 Å². The van der Waals surface area contributed by atoms with E-state index in [0.29, 0.717) is 0 Å². The van der Waals surface area contributed by atoms with Crippen molar-refractivity contribution in [2.45, 2.75) is 19.8 Å². The highest BCUT2D eigenvalue weighted by Gasteiger charge is 2.09. The molecular formula is C20H19N3OS. The summed E-state index contributed by atoms with van der Waals surface area (Å²) in [5, 5.41) is 7.02. The number of amides is 1. The smallest absolute Gasteiger partial charge is 0.246 e. The van der Waals surface area contributed by atoms with E-state index >= 15 is 0 Å². The average Bonchev–Trinajstić information content (AvgIpc) is 3.12. The Balaban J connectivity index is 1.63. The number of benzene rings is 2. The van der Waals surface area contributed by atoms with E-state index in [9.17, 15) is 4.79 Å². The standard InChI is InChI=1S/C20H19N3OS/c1-2-17(15-9-5-3-6-10-15)22-23-19(24)13-20-21-18(14-25-20)16-11-7-4-8-12-16/h3-12,14H,2,13H2,1H3,(H,23,24)/b22-17-. The fourth-order valence-corrected chi connectivity index (χ4v) is 3.22. The van der Waals surface area contributed by atoms with Gasteiger partial charge in [-0.05, 0) is 12.0 Å². The number of thiazole rings is 1. The van der Waals surface area contributed by atoms with Gasteiger partial charge >= 0.3 is 0 Å². The number of nitrogens with one attached hydrogen (secondary N) is 1. The lowest BCUT2D eigenvalue weighted by atomic mass is 10.1. The van der Waals surface area contributed by atoms with E-state index in [-0.39, 0.29) is 12.3 Å². The van der Waals surface area contributed by atoms with Crippen LogP contribution in [0.25, 0.3) is 11.3 Å². The van der Waals surface area contributed by atoms with Crippen LogP contribution in [0.15, 0.2) is 71.1 Å². The van der Waals surface area contributed by atoms with Crippen LogP contribution in [0.1, 0.15) is 23.9 Å². The van der Waals surface area contributed by atoms with E-state index in [0.717, 1.165) is 34.0 Å². The normalized spacial score (nSPS) is 11.3. The number of hydrogen-bond acceptors (Lipinski definition) is 4. The van der Waals surface area contributed by atoms with Crippen LogP contribution in [-0.2, 0) is 11.2 Å². The molecule has 0 bridgehead atoms. The van der Waals surface area contributed by atoms with Gasteiger partial charge in [-0.2, -0.15) is 5.10 Å². The largest absolute Gasteiger partial charge is 0.273 e. The second-order valence-electron chi connectivity index (χ2n) is 5.48. The third-order valence-electron chi connectivity index (χ3n) is 3.69. The van der Waals surface area contributed by atoms with Crippen molar-refractivity contribution in [3.8, 4) is 11.3 Å². The fraction of sp³-hybridized carbons (Fsp3) is 0.150. The van der Waals surface area contributed by atoms with Crippen molar-refractivity contribution in [2.75, 3.05) is 0 Å². The number of carbonyl (C=O) groups is 1. The SMILES string of the molecule is CC/C(=N/NC(=O)Cc1nc(-c2ccccc2)cs1)c1ccccc1. The molecule has 25 heavy (non-hydrogen) atoms. The van der Waals surface area contributed by atoms with Gasteiger partial charge in [0, 0.05) is 10.9 Å². The van der Waals surface area contributed by atoms with Crippen molar-refractivity contribution >= 4 is 23.0 Å². The van der Waals surface area contributed by atoms with E-state index in [1.165, 1.54) is 11.3 Å². The molecule has 1 aromatic heterocycles. The Morgan fingerprint density at radius 1 is 1.08 bits per heavy atom. The summed E-state index contributed by atoms with van der Waals surface area (Å²) in [6.45, 7) is 2.02. The summed E-state index contributed by atoms with van der Waals surface area (Å²) in [6, 6.07) is 19.8. The quantitative estimate of drug-likeness (QED) is 0.533. The first kappa shape index (κ1) is 17.0. The second-order valence-corrected chi connectivity index (χ2v) is 6.42. The molecule has 0 aliphatic heterocycles. The van der Waals surface area contributed by atoms with Crippen LogP contribution in [0.4, 0.5) is 0 Å². The lowest BCUT2D eigenvalue weighted by Crippen LogP contribution is -2.21. The van der Waals surface area contributed by atoms with Crippen LogP contribution in [-0.4, -0.2) is 16.6 Å². The predicted octanol–water partition coefficient (Wildman–Crippen LogP) is 4.28. The summed E-state index contributed by atoms with van der Waals surface area (Å²) in [4.78, 5) is 16.7. The maximum Gasteiger partial charge on any atom is 0.246 e. The summed E-state index contributed by atoms with van der Waals surface area (Å²) in [5.41, 5.74) is 6.48. The minimum Gasteiger partial charge on any atom is -0.273 e. The van der Waals surface area contributed by atoms with Gasteiger partial charge in [-0.1, -0.05) is 67.6 Å². The highest BCUT2D eigenvalue weighted by atomic mass is 32.1. The molecule has 0 atom stereocenters. The molecule has 0 fully saturated rings. The number of hydrogen-bond donors (Lipinski definition) is 1. The topological polar surface area (TPSA) is 54.4 Å². The Kier molecular flexibility index (Phi) is 5.69. The van der Waals surface area contributed by atoms with Gasteiger partial charge in [-0.25, -0.2) is 10.4 Å². The molecule has 3 aromatic rings. The minimum absolute atomic E-state index is 0.157. The zero-order valence-corrected chi connectivity index (χ0v) is 14.8. The third kappa shape index (κ3) is 4.61. The number of aromatic nitrogens is 1. The molecule has 0 unspecified atom stereocenters. The highest BCUT2D eigenvalue weighted by molar-refractivity contribution is 7.10. The van der Waals surface area contributed by atoms with Gasteiger partial charge in [0.05, 0.1) is 17.8 Å². The van der Waals surface area contributed by atoms with Gasteiger partial charge in [-0.3, -0.25) is 4.79 Å². The molecular weight excluding hydrogens is 330 g/mol. The minimum atomic E-state index is -0.157. The van der Waals surface area contributed by atoms with Crippen LogP contribution in [0.5, 0.6) is 0 Å². The Bertz CT molecular complexity index is 857. The zero-order valence-electron chi connectivity index (χ0n) is 14.0. The van der Waals surface area contributed by atoms with Gasteiger partial charge in [0.2, 0.25) is 5.91 Å². The number of carbonyl (C=O) groups excluding carboxylic acids is 1. The average molecular weight is 349 g/mol. The molecule has 4 nitrogen and oxygen atoms in total. The van der Waals surface area contributed by atoms with Gasteiger partial charge in [0.1, 0.15) is 5.01 Å². The summed E-state index contributed by atoms with van der Waals surface area (Å²) >= 11 is 1.49. The summed E-state index contributed by atoms with van der Waals surface area (Å²) in [7, 11) is 0. The van der Waals surface area contributed by atoms with E-state index in [2.05, 4.69) is 15.5 Å². The second kappa shape index (κ2) is 8.35. The molecule has 0 spiro atoms. The van der Waals surface area contributed by atoms with Gasteiger partial charge in [0.15, 0.2) is 0 Å². The first-order valence-corrected chi connectivity index (χ1v) is 9.05. The lowest BCUT2D eigenvalue weighted by Gasteiger charge is -2.04. The van der Waals surface area contributed by atoms with Crippen LogP contribution in [0, 0.1) is 0 Å². The first-order chi connectivity index (χ1) is 12.3.